The van der Waals surface area contributed by atoms with E-state index in [2.05, 4.69) is 10.4 Å². The summed E-state index contributed by atoms with van der Waals surface area (Å²) < 4.78 is 1.62. The third-order valence-electron chi connectivity index (χ3n) is 2.39. The molecule has 0 aliphatic heterocycles. The summed E-state index contributed by atoms with van der Waals surface area (Å²) >= 11 is 0. The van der Waals surface area contributed by atoms with Gasteiger partial charge in [-0.3, -0.25) is 10.00 Å². The van der Waals surface area contributed by atoms with Gasteiger partial charge in [0, 0.05) is 26.2 Å². The van der Waals surface area contributed by atoms with Crippen LogP contribution in [0.25, 0.3) is 0 Å². The minimum Gasteiger partial charge on any atom is -0.395 e. The fraction of sp³-hybridized carbons (Fsp3) is 0.636. The lowest BCUT2D eigenvalue weighted by molar-refractivity contribution is 0.188. The Morgan fingerprint density at radius 3 is 2.76 bits per heavy atom. The van der Waals surface area contributed by atoms with Gasteiger partial charge in [0.1, 0.15) is 5.82 Å². The predicted octanol–water partition coefficient (Wildman–Crippen LogP) is 0.965. The van der Waals surface area contributed by atoms with E-state index in [-0.39, 0.29) is 12.6 Å². The minimum absolute atomic E-state index is 0.0299. The molecule has 0 aliphatic carbocycles. The quantitative estimate of drug-likeness (QED) is 0.805. The van der Waals surface area contributed by atoms with E-state index in [1.54, 1.807) is 22.7 Å². The number of amides is 2. The zero-order chi connectivity index (χ0) is 12.8. The highest BCUT2D eigenvalue weighted by Crippen LogP contribution is 2.09. The normalized spacial score (nSPS) is 10.4. The number of aryl methyl sites for hydroxylation is 2. The smallest absolute Gasteiger partial charge is 0.323 e. The molecule has 0 aliphatic rings. The third-order valence-corrected chi connectivity index (χ3v) is 2.39. The van der Waals surface area contributed by atoms with Crippen LogP contribution in [0, 0.1) is 6.92 Å². The molecule has 0 aromatic carbocycles. The molecule has 6 nitrogen and oxygen atoms in total. The van der Waals surface area contributed by atoms with Gasteiger partial charge in [-0.15, -0.1) is 0 Å². The number of carbonyl (C=O) groups excluding carboxylic acids is 1. The molecule has 0 unspecified atom stereocenters. The Balaban J connectivity index is 2.65. The van der Waals surface area contributed by atoms with Crippen LogP contribution in [0.1, 0.15) is 19.0 Å². The minimum atomic E-state index is -0.205. The van der Waals surface area contributed by atoms with Gasteiger partial charge in [-0.25, -0.2) is 4.79 Å². The van der Waals surface area contributed by atoms with Crippen molar-refractivity contribution in [2.75, 3.05) is 25.0 Å². The summed E-state index contributed by atoms with van der Waals surface area (Å²) in [5.41, 5.74) is 0.854. The molecule has 1 aromatic heterocycles. The van der Waals surface area contributed by atoms with Gasteiger partial charge in [-0.1, -0.05) is 6.92 Å². The highest BCUT2D eigenvalue weighted by Gasteiger charge is 2.13. The van der Waals surface area contributed by atoms with Gasteiger partial charge in [0.05, 0.1) is 12.3 Å². The third kappa shape index (κ3) is 3.74. The Kier molecular flexibility index (Phi) is 4.96. The second-order valence-electron chi connectivity index (χ2n) is 3.94. The summed E-state index contributed by atoms with van der Waals surface area (Å²) in [5.74, 6) is 0.659. The fourth-order valence-corrected chi connectivity index (χ4v) is 1.62. The summed E-state index contributed by atoms with van der Waals surface area (Å²) in [6.07, 6.45) is 0.859. The van der Waals surface area contributed by atoms with E-state index >= 15 is 0 Å². The number of nitrogens with one attached hydrogen (secondary N) is 1. The van der Waals surface area contributed by atoms with E-state index in [9.17, 15) is 4.79 Å². The van der Waals surface area contributed by atoms with Crippen molar-refractivity contribution in [2.24, 2.45) is 7.05 Å². The van der Waals surface area contributed by atoms with Crippen molar-refractivity contribution in [3.8, 4) is 0 Å². The Labute approximate surface area is 101 Å². The molecule has 1 rings (SSSR count). The number of carbonyl (C=O) groups is 1. The predicted molar refractivity (Wildman–Crippen MR) is 65.9 cm³/mol. The second kappa shape index (κ2) is 6.24. The van der Waals surface area contributed by atoms with E-state index in [4.69, 9.17) is 5.11 Å². The van der Waals surface area contributed by atoms with Crippen molar-refractivity contribution in [3.05, 3.63) is 11.8 Å². The first-order valence-corrected chi connectivity index (χ1v) is 5.76. The average molecular weight is 240 g/mol. The number of aliphatic hydroxyl groups excluding tert-OH is 1. The molecular formula is C11H20N4O2. The number of aliphatic hydroxyl groups is 1. The van der Waals surface area contributed by atoms with Crippen molar-refractivity contribution < 1.29 is 9.90 Å². The average Bonchev–Trinajstić information content (AvgIpc) is 2.57. The van der Waals surface area contributed by atoms with Crippen LogP contribution in [0.3, 0.4) is 0 Å². The number of hydrogen-bond donors (Lipinski definition) is 2. The summed E-state index contributed by atoms with van der Waals surface area (Å²) in [4.78, 5) is 13.5. The van der Waals surface area contributed by atoms with Gasteiger partial charge >= 0.3 is 6.03 Å². The Bertz CT molecular complexity index is 370. The highest BCUT2D eigenvalue weighted by atomic mass is 16.3. The highest BCUT2D eigenvalue weighted by molar-refractivity contribution is 5.88. The fourth-order valence-electron chi connectivity index (χ4n) is 1.62. The van der Waals surface area contributed by atoms with E-state index in [0.29, 0.717) is 18.9 Å². The van der Waals surface area contributed by atoms with Gasteiger partial charge in [0.25, 0.3) is 0 Å². The lowest BCUT2D eigenvalue weighted by atomic mass is 10.4. The van der Waals surface area contributed by atoms with Gasteiger partial charge in [-0.05, 0) is 13.3 Å². The van der Waals surface area contributed by atoms with Crippen LogP contribution in [0.2, 0.25) is 0 Å². The van der Waals surface area contributed by atoms with Crippen LogP contribution in [-0.2, 0) is 7.05 Å². The molecular weight excluding hydrogens is 220 g/mol. The van der Waals surface area contributed by atoms with Crippen LogP contribution in [0.5, 0.6) is 0 Å². The molecule has 2 amide bonds. The molecule has 0 bridgehead atoms. The Morgan fingerprint density at radius 2 is 2.29 bits per heavy atom. The summed E-state index contributed by atoms with van der Waals surface area (Å²) in [6, 6.07) is 1.60. The van der Waals surface area contributed by atoms with E-state index in [1.165, 1.54) is 0 Å². The molecule has 1 heterocycles. The van der Waals surface area contributed by atoms with Gasteiger partial charge in [-0.2, -0.15) is 5.10 Å². The topological polar surface area (TPSA) is 70.4 Å². The first-order valence-electron chi connectivity index (χ1n) is 5.76. The van der Waals surface area contributed by atoms with E-state index in [0.717, 1.165) is 12.1 Å². The zero-order valence-corrected chi connectivity index (χ0v) is 10.6. The number of nitrogens with zero attached hydrogens (tertiary/aromatic N) is 3. The molecule has 0 saturated heterocycles. The van der Waals surface area contributed by atoms with E-state index < -0.39 is 0 Å². The number of aromatic nitrogens is 2. The maximum absolute atomic E-state index is 11.9. The molecule has 1 aromatic rings. The SMILES string of the molecule is CCCN(CCO)C(=O)Nc1cc(C)nn1C. The van der Waals surface area contributed by atoms with Crippen molar-refractivity contribution in [1.82, 2.24) is 14.7 Å². The van der Waals surface area contributed by atoms with Crippen molar-refractivity contribution in [1.29, 1.82) is 0 Å². The lowest BCUT2D eigenvalue weighted by Crippen LogP contribution is -2.38. The molecule has 0 saturated carbocycles. The number of urea groups is 1. The molecule has 0 atom stereocenters. The molecule has 0 fully saturated rings. The van der Waals surface area contributed by atoms with Gasteiger partial charge in [0.15, 0.2) is 0 Å². The molecule has 0 radical (unpaired) electrons. The largest absolute Gasteiger partial charge is 0.395 e. The number of hydrogen-bond acceptors (Lipinski definition) is 3. The monoisotopic (exact) mass is 240 g/mol. The molecule has 2 N–H and O–H groups in total. The maximum atomic E-state index is 11.9. The summed E-state index contributed by atoms with van der Waals surface area (Å²) in [5, 5.41) is 15.8. The first-order chi connectivity index (χ1) is 8.08. The van der Waals surface area contributed by atoms with Crippen molar-refractivity contribution in [2.45, 2.75) is 20.3 Å². The van der Waals surface area contributed by atoms with Crippen LogP contribution in [0.15, 0.2) is 6.07 Å². The molecule has 0 spiro atoms. The van der Waals surface area contributed by atoms with Crippen molar-refractivity contribution >= 4 is 11.8 Å². The standard InChI is InChI=1S/C11H20N4O2/c1-4-5-15(6-7-16)11(17)12-10-8-9(2)13-14(10)3/h8,16H,4-7H2,1-3H3,(H,12,17). The van der Waals surface area contributed by atoms with Crippen LogP contribution >= 0.6 is 0 Å². The number of anilines is 1. The van der Waals surface area contributed by atoms with Gasteiger partial charge in [0.2, 0.25) is 0 Å². The summed E-state index contributed by atoms with van der Waals surface area (Å²) in [6.45, 7) is 4.80. The molecule has 17 heavy (non-hydrogen) atoms. The van der Waals surface area contributed by atoms with Gasteiger partial charge < -0.3 is 10.0 Å². The summed E-state index contributed by atoms with van der Waals surface area (Å²) in [7, 11) is 1.78. The van der Waals surface area contributed by atoms with Crippen molar-refractivity contribution in [3.63, 3.8) is 0 Å². The maximum Gasteiger partial charge on any atom is 0.323 e. The molecule has 6 heteroatoms. The lowest BCUT2D eigenvalue weighted by Gasteiger charge is -2.21. The Morgan fingerprint density at radius 1 is 1.59 bits per heavy atom. The first kappa shape index (κ1) is 13.5. The molecule has 96 valence electrons. The Hall–Kier alpha value is -1.56. The van der Waals surface area contributed by atoms with Crippen LogP contribution in [0.4, 0.5) is 10.6 Å². The zero-order valence-electron chi connectivity index (χ0n) is 10.6. The van der Waals surface area contributed by atoms with Crippen LogP contribution in [-0.4, -0.2) is 45.5 Å². The second-order valence-corrected chi connectivity index (χ2v) is 3.94. The van der Waals surface area contributed by atoms with E-state index in [1.807, 2.05) is 13.8 Å². The number of rotatable bonds is 5. The van der Waals surface area contributed by atoms with Crippen LogP contribution < -0.4 is 5.32 Å².